The molecule has 188 valence electrons. The highest BCUT2D eigenvalue weighted by atomic mass is 19.2. The van der Waals surface area contributed by atoms with E-state index in [1.54, 1.807) is 6.07 Å². The first-order chi connectivity index (χ1) is 16.9. The molecule has 4 atom stereocenters. The van der Waals surface area contributed by atoms with Gasteiger partial charge < -0.3 is 9.47 Å². The molecule has 2 aromatic carbocycles. The van der Waals surface area contributed by atoms with Crippen LogP contribution in [-0.4, -0.2) is 13.1 Å². The number of carbonyl (C=O) groups is 1. The number of ether oxygens (including phenoxy) is 2. The van der Waals surface area contributed by atoms with Crippen molar-refractivity contribution in [2.45, 2.75) is 64.2 Å². The number of allylic oxidation sites excluding steroid dienone is 2. The van der Waals surface area contributed by atoms with Crippen molar-refractivity contribution in [3.8, 4) is 11.5 Å². The Morgan fingerprint density at radius 2 is 1.69 bits per heavy atom. The minimum absolute atomic E-state index is 0.267. The molecule has 0 saturated heterocycles. The van der Waals surface area contributed by atoms with Crippen molar-refractivity contribution in [2.75, 3.05) is 7.11 Å². The van der Waals surface area contributed by atoms with Gasteiger partial charge in [0, 0.05) is 0 Å². The highest BCUT2D eigenvalue weighted by molar-refractivity contribution is 5.91. The summed E-state index contributed by atoms with van der Waals surface area (Å²) in [4.78, 5) is 12.5. The van der Waals surface area contributed by atoms with Gasteiger partial charge in [0.1, 0.15) is 5.82 Å². The minimum Gasteiger partial charge on any atom is -0.494 e. The van der Waals surface area contributed by atoms with Gasteiger partial charge in [0.2, 0.25) is 11.6 Å². The first-order valence-corrected chi connectivity index (χ1v) is 12.6. The summed E-state index contributed by atoms with van der Waals surface area (Å²) in [7, 11) is 1.20. The Bertz CT molecular complexity index is 1080. The van der Waals surface area contributed by atoms with Crippen molar-refractivity contribution in [1.82, 2.24) is 0 Å². The molecular formula is C29H33F3O3. The lowest BCUT2D eigenvalue weighted by Crippen LogP contribution is -2.30. The van der Waals surface area contributed by atoms with E-state index >= 15 is 0 Å². The van der Waals surface area contributed by atoms with Gasteiger partial charge in [0.05, 0.1) is 12.7 Å². The molecule has 2 aliphatic carbocycles. The van der Waals surface area contributed by atoms with Crippen LogP contribution in [-0.2, 0) is 0 Å². The molecule has 2 aromatic rings. The van der Waals surface area contributed by atoms with Crippen molar-refractivity contribution in [3.63, 3.8) is 0 Å². The van der Waals surface area contributed by atoms with Gasteiger partial charge in [-0.05, 0) is 105 Å². The predicted octanol–water partition coefficient (Wildman–Crippen LogP) is 7.99. The van der Waals surface area contributed by atoms with E-state index in [-0.39, 0.29) is 17.2 Å². The van der Waals surface area contributed by atoms with Crippen LogP contribution in [0.4, 0.5) is 13.2 Å². The largest absolute Gasteiger partial charge is 0.494 e. The maximum absolute atomic E-state index is 14.9. The summed E-state index contributed by atoms with van der Waals surface area (Å²) in [5, 5.41) is 0. The van der Waals surface area contributed by atoms with Crippen LogP contribution in [0.3, 0.4) is 0 Å². The fourth-order valence-corrected chi connectivity index (χ4v) is 5.91. The van der Waals surface area contributed by atoms with Crippen LogP contribution in [0.1, 0.15) is 80.1 Å². The van der Waals surface area contributed by atoms with Gasteiger partial charge >= 0.3 is 5.97 Å². The second-order valence-corrected chi connectivity index (χ2v) is 9.88. The summed E-state index contributed by atoms with van der Waals surface area (Å²) in [5.41, 5.74) is 0.578. The summed E-state index contributed by atoms with van der Waals surface area (Å²) >= 11 is 0. The van der Waals surface area contributed by atoms with Crippen molar-refractivity contribution < 1.29 is 27.4 Å². The van der Waals surface area contributed by atoms with Crippen LogP contribution in [0, 0.1) is 35.2 Å². The third-order valence-electron chi connectivity index (χ3n) is 7.82. The van der Waals surface area contributed by atoms with E-state index in [4.69, 9.17) is 9.47 Å². The smallest absolute Gasteiger partial charge is 0.346 e. The predicted molar refractivity (Wildman–Crippen MR) is 129 cm³/mol. The first-order valence-electron chi connectivity index (χ1n) is 12.6. The molecule has 2 saturated carbocycles. The molecule has 0 spiro atoms. The first kappa shape index (κ1) is 25.3. The maximum Gasteiger partial charge on any atom is 0.346 e. The highest BCUT2D eigenvalue weighted by Gasteiger charge is 2.36. The number of hydrogen-bond donors (Lipinski definition) is 0. The normalized spacial score (nSPS) is 24.3. The lowest BCUT2D eigenvalue weighted by molar-refractivity contribution is 0.0721. The molecule has 35 heavy (non-hydrogen) atoms. The van der Waals surface area contributed by atoms with Crippen LogP contribution >= 0.6 is 0 Å². The molecular weight excluding hydrogens is 453 g/mol. The van der Waals surface area contributed by atoms with Gasteiger partial charge in [0.25, 0.3) is 0 Å². The van der Waals surface area contributed by atoms with Gasteiger partial charge in [-0.1, -0.05) is 24.6 Å². The molecule has 0 aliphatic heterocycles. The fraction of sp³-hybridized carbons (Fsp3) is 0.483. The summed E-state index contributed by atoms with van der Waals surface area (Å²) in [6.07, 6.45) is 13.8. The fourth-order valence-electron chi connectivity index (χ4n) is 5.91. The number of rotatable bonds is 7. The zero-order valence-electron chi connectivity index (χ0n) is 20.4. The third-order valence-corrected chi connectivity index (χ3v) is 7.82. The molecule has 4 unspecified atom stereocenters. The van der Waals surface area contributed by atoms with E-state index in [0.717, 1.165) is 55.2 Å². The van der Waals surface area contributed by atoms with Crippen molar-refractivity contribution in [2.24, 2.45) is 17.8 Å². The van der Waals surface area contributed by atoms with Crippen LogP contribution in [0.15, 0.2) is 42.5 Å². The van der Waals surface area contributed by atoms with Gasteiger partial charge in [-0.2, -0.15) is 8.78 Å². The third kappa shape index (κ3) is 5.74. The maximum atomic E-state index is 14.9. The average Bonchev–Trinajstić information content (AvgIpc) is 2.86. The number of hydrogen-bond acceptors (Lipinski definition) is 3. The number of halogens is 3. The van der Waals surface area contributed by atoms with E-state index in [0.29, 0.717) is 5.92 Å². The molecule has 0 bridgehead atoms. The Morgan fingerprint density at radius 1 is 0.971 bits per heavy atom. The zero-order chi connectivity index (χ0) is 24.9. The number of fused-ring (bicyclic) bond motifs is 1. The van der Waals surface area contributed by atoms with Crippen molar-refractivity contribution >= 4 is 5.97 Å². The lowest BCUT2D eigenvalue weighted by atomic mass is 9.63. The van der Waals surface area contributed by atoms with Crippen LogP contribution in [0.5, 0.6) is 11.5 Å². The molecule has 2 fully saturated rings. The Kier molecular flexibility index (Phi) is 8.19. The van der Waals surface area contributed by atoms with Gasteiger partial charge in [-0.25, -0.2) is 9.18 Å². The molecule has 2 aliphatic rings. The lowest BCUT2D eigenvalue weighted by Gasteiger charge is -2.42. The molecule has 0 amide bonds. The SMILES string of the molecule is C/C=C/CCC1CCC2CC(c3ccc(C(=O)Oc4ccc(OC)c(F)c4F)c(F)c3)CCC2C1. The monoisotopic (exact) mass is 486 g/mol. The van der Waals surface area contributed by atoms with Crippen LogP contribution in [0.2, 0.25) is 0 Å². The van der Waals surface area contributed by atoms with E-state index in [1.165, 1.54) is 44.9 Å². The zero-order valence-corrected chi connectivity index (χ0v) is 20.4. The topological polar surface area (TPSA) is 35.5 Å². The average molecular weight is 487 g/mol. The number of carbonyl (C=O) groups excluding carboxylic acids is 1. The Balaban J connectivity index is 1.38. The standard InChI is InChI=1S/C29H33F3O3/c1-3-4-5-6-18-7-8-20-16-21(10-9-19(20)15-18)22-11-12-23(24(30)17-22)29(33)35-26-14-13-25(34-2)27(31)28(26)32/h3-4,11-14,17-21H,5-10,15-16H2,1-2H3/b4-3+. The second-order valence-electron chi connectivity index (χ2n) is 9.88. The van der Waals surface area contributed by atoms with Crippen molar-refractivity contribution in [3.05, 3.63) is 71.1 Å². The summed E-state index contributed by atoms with van der Waals surface area (Å²) in [6.45, 7) is 2.07. The molecule has 6 heteroatoms. The molecule has 0 heterocycles. The summed E-state index contributed by atoms with van der Waals surface area (Å²) in [6, 6.07) is 6.77. The minimum atomic E-state index is -1.36. The number of benzene rings is 2. The molecule has 0 aromatic heterocycles. The Hall–Kier alpha value is -2.76. The molecule has 0 radical (unpaired) electrons. The Labute approximate surface area is 205 Å². The van der Waals surface area contributed by atoms with Crippen LogP contribution < -0.4 is 9.47 Å². The quantitative estimate of drug-likeness (QED) is 0.226. The number of methoxy groups -OCH3 is 1. The van der Waals surface area contributed by atoms with Crippen LogP contribution in [0.25, 0.3) is 0 Å². The summed E-state index contributed by atoms with van der Waals surface area (Å²) < 4.78 is 52.6. The van der Waals surface area contributed by atoms with Crippen molar-refractivity contribution in [1.29, 1.82) is 0 Å². The number of esters is 1. The van der Waals surface area contributed by atoms with Gasteiger partial charge in [0.15, 0.2) is 11.5 Å². The van der Waals surface area contributed by atoms with E-state index in [9.17, 15) is 18.0 Å². The highest BCUT2D eigenvalue weighted by Crippen LogP contribution is 2.48. The Morgan fingerprint density at radius 3 is 2.43 bits per heavy atom. The molecule has 3 nitrogen and oxygen atoms in total. The second kappa shape index (κ2) is 11.3. The summed E-state index contributed by atoms with van der Waals surface area (Å²) in [5.74, 6) is -2.82. The molecule has 0 N–H and O–H groups in total. The molecule has 4 rings (SSSR count). The van der Waals surface area contributed by atoms with E-state index in [1.807, 2.05) is 0 Å². The van der Waals surface area contributed by atoms with Gasteiger partial charge in [-0.3, -0.25) is 0 Å². The van der Waals surface area contributed by atoms with Gasteiger partial charge in [-0.15, -0.1) is 0 Å². The van der Waals surface area contributed by atoms with E-state index < -0.39 is 29.2 Å². The van der Waals surface area contributed by atoms with E-state index in [2.05, 4.69) is 19.1 Å².